The van der Waals surface area contributed by atoms with Crippen molar-refractivity contribution in [3.63, 3.8) is 0 Å². The maximum absolute atomic E-state index is 9.30. The molecule has 2 aromatic rings. The second-order valence-corrected chi connectivity index (χ2v) is 5.58. The van der Waals surface area contributed by atoms with Gasteiger partial charge in [0, 0.05) is 16.9 Å². The smallest absolute Gasteiger partial charge is 0.175 e. The fourth-order valence-corrected chi connectivity index (χ4v) is 2.24. The standard InChI is InChI=1S/C17H20N2OS/c1-12(2)13-7-9-15(10-8-13)18-17(21)19-16-6-4-3-5-14(16)11-20/h3-10,12,20H,11H2,1-2H3,(H2,18,19,21). The lowest BCUT2D eigenvalue weighted by molar-refractivity contribution is 0.282. The summed E-state index contributed by atoms with van der Waals surface area (Å²) in [5, 5.41) is 16.1. The van der Waals surface area contributed by atoms with Gasteiger partial charge in [0.15, 0.2) is 5.11 Å². The first-order valence-corrected chi connectivity index (χ1v) is 7.37. The van der Waals surface area contributed by atoms with Crippen molar-refractivity contribution >= 4 is 28.7 Å². The predicted octanol–water partition coefficient (Wildman–Crippen LogP) is 4.11. The fourth-order valence-electron chi connectivity index (χ4n) is 2.02. The zero-order valence-corrected chi connectivity index (χ0v) is 13.1. The van der Waals surface area contributed by atoms with Gasteiger partial charge in [-0.05, 0) is 41.9 Å². The fraction of sp³-hybridized carbons (Fsp3) is 0.235. The number of anilines is 2. The highest BCUT2D eigenvalue weighted by Crippen LogP contribution is 2.18. The third-order valence-corrected chi connectivity index (χ3v) is 3.48. The monoisotopic (exact) mass is 300 g/mol. The summed E-state index contributed by atoms with van der Waals surface area (Å²) in [5.74, 6) is 0.514. The molecule has 0 amide bonds. The second kappa shape index (κ2) is 7.20. The Morgan fingerprint density at radius 3 is 2.33 bits per heavy atom. The Balaban J connectivity index is 2.01. The Hall–Kier alpha value is -1.91. The number of rotatable bonds is 4. The van der Waals surface area contributed by atoms with E-state index in [1.165, 1.54) is 5.56 Å². The number of thiocarbonyl (C=S) groups is 1. The van der Waals surface area contributed by atoms with Crippen molar-refractivity contribution < 1.29 is 5.11 Å². The minimum atomic E-state index is -0.0190. The summed E-state index contributed by atoms with van der Waals surface area (Å²) < 4.78 is 0. The largest absolute Gasteiger partial charge is 0.392 e. The summed E-state index contributed by atoms with van der Waals surface area (Å²) in [7, 11) is 0. The lowest BCUT2D eigenvalue weighted by Crippen LogP contribution is -2.19. The van der Waals surface area contributed by atoms with E-state index in [9.17, 15) is 5.11 Å². The quantitative estimate of drug-likeness (QED) is 0.744. The van der Waals surface area contributed by atoms with Crippen LogP contribution in [0.15, 0.2) is 48.5 Å². The van der Waals surface area contributed by atoms with E-state index in [0.717, 1.165) is 16.9 Å². The van der Waals surface area contributed by atoms with Crippen molar-refractivity contribution in [3.8, 4) is 0 Å². The Labute approximate surface area is 131 Å². The van der Waals surface area contributed by atoms with Crippen LogP contribution in [0.2, 0.25) is 0 Å². The van der Waals surface area contributed by atoms with Crippen LogP contribution in [0.4, 0.5) is 11.4 Å². The summed E-state index contributed by atoms with van der Waals surface area (Å²) in [6, 6.07) is 15.8. The lowest BCUT2D eigenvalue weighted by Gasteiger charge is -2.13. The maximum atomic E-state index is 9.30. The van der Waals surface area contributed by atoms with Gasteiger partial charge in [0.05, 0.1) is 6.61 Å². The Morgan fingerprint density at radius 1 is 1.05 bits per heavy atom. The molecule has 0 saturated heterocycles. The highest BCUT2D eigenvalue weighted by molar-refractivity contribution is 7.80. The van der Waals surface area contributed by atoms with Crippen LogP contribution in [-0.2, 0) is 6.61 Å². The molecule has 0 heterocycles. The summed E-state index contributed by atoms with van der Waals surface area (Å²) in [5.41, 5.74) is 3.87. The van der Waals surface area contributed by atoms with Crippen LogP contribution < -0.4 is 10.6 Å². The predicted molar refractivity (Wildman–Crippen MR) is 92.7 cm³/mol. The third kappa shape index (κ3) is 4.28. The molecule has 0 unspecified atom stereocenters. The van der Waals surface area contributed by atoms with Gasteiger partial charge in [-0.2, -0.15) is 0 Å². The molecule has 3 nitrogen and oxygen atoms in total. The molecule has 21 heavy (non-hydrogen) atoms. The van der Waals surface area contributed by atoms with Crippen LogP contribution in [0.25, 0.3) is 0 Å². The molecular formula is C17H20N2OS. The molecule has 2 aromatic carbocycles. The van der Waals surface area contributed by atoms with Crippen molar-refractivity contribution in [2.45, 2.75) is 26.4 Å². The number of benzene rings is 2. The van der Waals surface area contributed by atoms with E-state index in [4.69, 9.17) is 12.2 Å². The van der Waals surface area contributed by atoms with Crippen molar-refractivity contribution in [3.05, 3.63) is 59.7 Å². The summed E-state index contributed by atoms with van der Waals surface area (Å²) in [4.78, 5) is 0. The van der Waals surface area contributed by atoms with Gasteiger partial charge in [0.2, 0.25) is 0 Å². The van der Waals surface area contributed by atoms with E-state index in [1.807, 2.05) is 36.4 Å². The molecule has 0 bridgehead atoms. The normalized spacial score (nSPS) is 10.5. The van der Waals surface area contributed by atoms with Gasteiger partial charge in [-0.15, -0.1) is 0 Å². The molecule has 3 N–H and O–H groups in total. The molecule has 0 aliphatic rings. The molecule has 110 valence electrons. The number of hydrogen-bond acceptors (Lipinski definition) is 2. The lowest BCUT2D eigenvalue weighted by atomic mass is 10.0. The Morgan fingerprint density at radius 2 is 1.71 bits per heavy atom. The summed E-state index contributed by atoms with van der Waals surface area (Å²) in [6.45, 7) is 4.32. The van der Waals surface area contributed by atoms with Crippen molar-refractivity contribution in [1.82, 2.24) is 0 Å². The van der Waals surface area contributed by atoms with E-state index in [0.29, 0.717) is 11.0 Å². The number of nitrogens with one attached hydrogen (secondary N) is 2. The first kappa shape index (κ1) is 15.5. The number of aliphatic hydroxyl groups is 1. The van der Waals surface area contributed by atoms with E-state index < -0.39 is 0 Å². The number of aliphatic hydroxyl groups excluding tert-OH is 1. The summed E-state index contributed by atoms with van der Waals surface area (Å²) in [6.07, 6.45) is 0. The molecule has 0 aliphatic heterocycles. The topological polar surface area (TPSA) is 44.3 Å². The molecule has 0 spiro atoms. The average molecular weight is 300 g/mol. The van der Waals surface area contributed by atoms with Gasteiger partial charge in [0.1, 0.15) is 0 Å². The number of hydrogen-bond donors (Lipinski definition) is 3. The second-order valence-electron chi connectivity index (χ2n) is 5.17. The minimum Gasteiger partial charge on any atom is -0.392 e. The van der Waals surface area contributed by atoms with Gasteiger partial charge in [-0.25, -0.2) is 0 Å². The average Bonchev–Trinajstić information content (AvgIpc) is 2.48. The van der Waals surface area contributed by atoms with Crippen LogP contribution in [-0.4, -0.2) is 10.2 Å². The van der Waals surface area contributed by atoms with Gasteiger partial charge in [0.25, 0.3) is 0 Å². The van der Waals surface area contributed by atoms with Crippen molar-refractivity contribution in [2.24, 2.45) is 0 Å². The molecule has 0 aromatic heterocycles. The highest BCUT2D eigenvalue weighted by Gasteiger charge is 2.04. The van der Waals surface area contributed by atoms with Crippen molar-refractivity contribution in [1.29, 1.82) is 0 Å². The van der Waals surface area contributed by atoms with E-state index in [-0.39, 0.29) is 6.61 Å². The SMILES string of the molecule is CC(C)c1ccc(NC(=S)Nc2ccccc2CO)cc1. The molecule has 0 aliphatic carbocycles. The van der Waals surface area contributed by atoms with Crippen LogP contribution in [0, 0.1) is 0 Å². The van der Waals surface area contributed by atoms with E-state index in [2.05, 4.69) is 36.6 Å². The molecule has 4 heteroatoms. The third-order valence-electron chi connectivity index (χ3n) is 3.27. The van der Waals surface area contributed by atoms with E-state index >= 15 is 0 Å². The van der Waals surface area contributed by atoms with Gasteiger partial charge < -0.3 is 15.7 Å². The van der Waals surface area contributed by atoms with E-state index in [1.54, 1.807) is 0 Å². The summed E-state index contributed by atoms with van der Waals surface area (Å²) >= 11 is 5.31. The first-order chi connectivity index (χ1) is 10.1. The van der Waals surface area contributed by atoms with Gasteiger partial charge >= 0.3 is 0 Å². The molecule has 2 rings (SSSR count). The molecule has 0 radical (unpaired) electrons. The van der Waals surface area contributed by atoms with Crippen molar-refractivity contribution in [2.75, 3.05) is 10.6 Å². The van der Waals surface area contributed by atoms with Gasteiger partial charge in [-0.1, -0.05) is 44.2 Å². The minimum absolute atomic E-state index is 0.0190. The first-order valence-electron chi connectivity index (χ1n) is 6.97. The maximum Gasteiger partial charge on any atom is 0.175 e. The van der Waals surface area contributed by atoms with Gasteiger partial charge in [-0.3, -0.25) is 0 Å². The van der Waals surface area contributed by atoms with Crippen LogP contribution in [0.1, 0.15) is 30.9 Å². The zero-order chi connectivity index (χ0) is 15.2. The number of para-hydroxylation sites is 1. The van der Waals surface area contributed by atoms with Crippen LogP contribution >= 0.6 is 12.2 Å². The Kier molecular flexibility index (Phi) is 5.31. The molecular weight excluding hydrogens is 280 g/mol. The molecule has 0 fully saturated rings. The zero-order valence-electron chi connectivity index (χ0n) is 12.3. The molecule has 0 atom stereocenters. The molecule has 0 saturated carbocycles. The Bertz CT molecular complexity index is 608. The highest BCUT2D eigenvalue weighted by atomic mass is 32.1. The van der Waals surface area contributed by atoms with Crippen LogP contribution in [0.5, 0.6) is 0 Å². The van der Waals surface area contributed by atoms with Crippen LogP contribution in [0.3, 0.4) is 0 Å².